The second kappa shape index (κ2) is 8.63. The Hall–Kier alpha value is -1.94. The molecule has 0 aromatic heterocycles. The number of ether oxygens (including phenoxy) is 1. The van der Waals surface area contributed by atoms with Gasteiger partial charge in [0, 0.05) is 17.2 Å². The van der Waals surface area contributed by atoms with Crippen LogP contribution >= 0.6 is 11.8 Å². The standard InChI is InChI=1S/C19H23NO2S/c1-14-4-7-17(8-5-14)22-13-19(21)20-10-11-23-18-9-6-15(2)16(3)12-18/h4-9,12H,10-11,13H2,1-3H3,(H,20,21). The first-order valence-corrected chi connectivity index (χ1v) is 8.69. The summed E-state index contributed by atoms with van der Waals surface area (Å²) >= 11 is 1.75. The number of thioether (sulfide) groups is 1. The van der Waals surface area contributed by atoms with Crippen LogP contribution in [-0.4, -0.2) is 24.8 Å². The molecule has 3 nitrogen and oxygen atoms in total. The van der Waals surface area contributed by atoms with Crippen molar-refractivity contribution >= 4 is 17.7 Å². The lowest BCUT2D eigenvalue weighted by molar-refractivity contribution is -0.122. The molecule has 0 saturated carbocycles. The molecule has 0 unspecified atom stereocenters. The zero-order chi connectivity index (χ0) is 16.7. The molecule has 0 radical (unpaired) electrons. The maximum Gasteiger partial charge on any atom is 0.257 e. The van der Waals surface area contributed by atoms with E-state index in [4.69, 9.17) is 4.74 Å². The van der Waals surface area contributed by atoms with Crippen LogP contribution in [0.5, 0.6) is 5.75 Å². The topological polar surface area (TPSA) is 38.3 Å². The van der Waals surface area contributed by atoms with E-state index in [1.54, 1.807) is 11.8 Å². The first-order valence-electron chi connectivity index (χ1n) is 7.71. The molecular formula is C19H23NO2S. The van der Waals surface area contributed by atoms with Crippen molar-refractivity contribution in [3.05, 3.63) is 59.2 Å². The van der Waals surface area contributed by atoms with Gasteiger partial charge < -0.3 is 10.1 Å². The average Bonchev–Trinajstić information content (AvgIpc) is 2.54. The average molecular weight is 329 g/mol. The van der Waals surface area contributed by atoms with Gasteiger partial charge in [0.05, 0.1) is 0 Å². The third kappa shape index (κ3) is 5.99. The predicted octanol–water partition coefficient (Wildman–Crippen LogP) is 3.90. The Bertz CT molecular complexity index is 653. The van der Waals surface area contributed by atoms with Gasteiger partial charge in [-0.2, -0.15) is 0 Å². The molecule has 0 aliphatic carbocycles. The van der Waals surface area contributed by atoms with Crippen LogP contribution in [0.2, 0.25) is 0 Å². The minimum Gasteiger partial charge on any atom is -0.484 e. The van der Waals surface area contributed by atoms with Crippen molar-refractivity contribution in [1.29, 1.82) is 0 Å². The highest BCUT2D eigenvalue weighted by atomic mass is 32.2. The van der Waals surface area contributed by atoms with Crippen molar-refractivity contribution in [2.75, 3.05) is 18.9 Å². The third-order valence-corrected chi connectivity index (χ3v) is 4.56. The Labute approximate surface area is 142 Å². The van der Waals surface area contributed by atoms with E-state index in [9.17, 15) is 4.79 Å². The van der Waals surface area contributed by atoms with Crippen molar-refractivity contribution in [2.24, 2.45) is 0 Å². The maximum absolute atomic E-state index is 11.7. The normalized spacial score (nSPS) is 10.4. The molecule has 2 aromatic carbocycles. The summed E-state index contributed by atoms with van der Waals surface area (Å²) in [6.07, 6.45) is 0. The molecule has 0 heterocycles. The molecule has 0 spiro atoms. The quantitative estimate of drug-likeness (QED) is 0.618. The summed E-state index contributed by atoms with van der Waals surface area (Å²) in [6, 6.07) is 14.1. The number of amides is 1. The Kier molecular flexibility index (Phi) is 6.53. The highest BCUT2D eigenvalue weighted by Gasteiger charge is 2.03. The van der Waals surface area contributed by atoms with E-state index >= 15 is 0 Å². The molecule has 0 aliphatic heterocycles. The first kappa shape index (κ1) is 17.4. The van der Waals surface area contributed by atoms with E-state index in [0.717, 1.165) is 11.5 Å². The first-order chi connectivity index (χ1) is 11.0. The van der Waals surface area contributed by atoms with Crippen molar-refractivity contribution in [3.63, 3.8) is 0 Å². The monoisotopic (exact) mass is 329 g/mol. The molecule has 2 rings (SSSR count). The fourth-order valence-electron chi connectivity index (χ4n) is 2.00. The molecule has 1 amide bonds. The summed E-state index contributed by atoms with van der Waals surface area (Å²) < 4.78 is 5.45. The Balaban J connectivity index is 1.64. The van der Waals surface area contributed by atoms with Crippen LogP contribution in [0, 0.1) is 20.8 Å². The van der Waals surface area contributed by atoms with Gasteiger partial charge in [0.15, 0.2) is 6.61 Å². The fraction of sp³-hybridized carbons (Fsp3) is 0.316. The van der Waals surface area contributed by atoms with Crippen LogP contribution in [0.25, 0.3) is 0 Å². The molecule has 0 bridgehead atoms. The van der Waals surface area contributed by atoms with Crippen LogP contribution in [0.1, 0.15) is 16.7 Å². The Morgan fingerprint density at radius 2 is 1.78 bits per heavy atom. The molecule has 1 N–H and O–H groups in total. The van der Waals surface area contributed by atoms with Gasteiger partial charge in [-0.15, -0.1) is 11.8 Å². The lowest BCUT2D eigenvalue weighted by Gasteiger charge is -2.08. The number of aryl methyl sites for hydroxylation is 3. The summed E-state index contributed by atoms with van der Waals surface area (Å²) in [6.45, 7) is 6.93. The zero-order valence-electron chi connectivity index (χ0n) is 13.9. The Morgan fingerprint density at radius 3 is 2.48 bits per heavy atom. The molecular weight excluding hydrogens is 306 g/mol. The minimum atomic E-state index is -0.0914. The fourth-order valence-corrected chi connectivity index (χ4v) is 2.86. The molecule has 23 heavy (non-hydrogen) atoms. The van der Waals surface area contributed by atoms with Gasteiger partial charge >= 0.3 is 0 Å². The van der Waals surface area contributed by atoms with Crippen LogP contribution in [0.3, 0.4) is 0 Å². The number of benzene rings is 2. The predicted molar refractivity (Wildman–Crippen MR) is 96.3 cm³/mol. The van der Waals surface area contributed by atoms with Crippen molar-refractivity contribution in [3.8, 4) is 5.75 Å². The molecule has 0 saturated heterocycles. The number of nitrogens with one attached hydrogen (secondary N) is 1. The van der Waals surface area contributed by atoms with Crippen molar-refractivity contribution in [2.45, 2.75) is 25.7 Å². The largest absolute Gasteiger partial charge is 0.484 e. The Morgan fingerprint density at radius 1 is 1.04 bits per heavy atom. The van der Waals surface area contributed by atoms with Gasteiger partial charge in [-0.25, -0.2) is 0 Å². The maximum atomic E-state index is 11.7. The molecule has 0 aliphatic rings. The molecule has 0 fully saturated rings. The van der Waals surface area contributed by atoms with E-state index in [-0.39, 0.29) is 12.5 Å². The number of hydrogen-bond donors (Lipinski definition) is 1. The smallest absolute Gasteiger partial charge is 0.257 e. The number of carbonyl (C=O) groups excluding carboxylic acids is 1. The van der Waals surface area contributed by atoms with Crippen LogP contribution < -0.4 is 10.1 Å². The SMILES string of the molecule is Cc1ccc(OCC(=O)NCCSc2ccc(C)c(C)c2)cc1. The second-order valence-corrected chi connectivity index (χ2v) is 6.71. The van der Waals surface area contributed by atoms with Crippen LogP contribution in [0.4, 0.5) is 0 Å². The van der Waals surface area contributed by atoms with Gasteiger partial charge in [0.25, 0.3) is 5.91 Å². The minimum absolute atomic E-state index is 0.0529. The van der Waals surface area contributed by atoms with Gasteiger partial charge in [0.2, 0.25) is 0 Å². The summed E-state index contributed by atoms with van der Waals surface area (Å²) in [5, 5.41) is 2.88. The van der Waals surface area contributed by atoms with Crippen LogP contribution in [-0.2, 0) is 4.79 Å². The molecule has 4 heteroatoms. The van der Waals surface area contributed by atoms with Crippen LogP contribution in [0.15, 0.2) is 47.4 Å². The number of rotatable bonds is 7. The number of hydrogen-bond acceptors (Lipinski definition) is 3. The highest BCUT2D eigenvalue weighted by molar-refractivity contribution is 7.99. The van der Waals surface area contributed by atoms with E-state index < -0.39 is 0 Å². The summed E-state index contributed by atoms with van der Waals surface area (Å²) in [4.78, 5) is 13.0. The molecule has 122 valence electrons. The summed E-state index contributed by atoms with van der Waals surface area (Å²) in [7, 11) is 0. The number of carbonyl (C=O) groups is 1. The highest BCUT2D eigenvalue weighted by Crippen LogP contribution is 2.20. The van der Waals surface area contributed by atoms with E-state index in [1.165, 1.54) is 21.6 Å². The molecule has 2 aromatic rings. The van der Waals surface area contributed by atoms with E-state index in [2.05, 4.69) is 37.4 Å². The van der Waals surface area contributed by atoms with E-state index in [1.807, 2.05) is 31.2 Å². The van der Waals surface area contributed by atoms with Gasteiger partial charge in [-0.1, -0.05) is 23.8 Å². The van der Waals surface area contributed by atoms with E-state index in [0.29, 0.717) is 6.54 Å². The van der Waals surface area contributed by atoms with Crippen molar-refractivity contribution < 1.29 is 9.53 Å². The molecule has 0 atom stereocenters. The van der Waals surface area contributed by atoms with Gasteiger partial charge in [-0.05, 0) is 56.2 Å². The lowest BCUT2D eigenvalue weighted by Crippen LogP contribution is -2.30. The second-order valence-electron chi connectivity index (χ2n) is 5.55. The summed E-state index contributed by atoms with van der Waals surface area (Å²) in [5.74, 6) is 1.47. The van der Waals surface area contributed by atoms with Gasteiger partial charge in [0.1, 0.15) is 5.75 Å². The lowest BCUT2D eigenvalue weighted by atomic mass is 10.1. The van der Waals surface area contributed by atoms with Crippen molar-refractivity contribution in [1.82, 2.24) is 5.32 Å². The van der Waals surface area contributed by atoms with Gasteiger partial charge in [-0.3, -0.25) is 4.79 Å². The zero-order valence-corrected chi connectivity index (χ0v) is 14.7. The third-order valence-electron chi connectivity index (χ3n) is 3.56. The summed E-state index contributed by atoms with van der Waals surface area (Å²) in [5.41, 5.74) is 3.77.